The molecule has 0 spiro atoms. The first kappa shape index (κ1) is 19.7. The zero-order valence-corrected chi connectivity index (χ0v) is 17.2. The van der Waals surface area contributed by atoms with Crippen LogP contribution in [0.5, 0.6) is 11.5 Å². The van der Waals surface area contributed by atoms with Gasteiger partial charge in [-0.1, -0.05) is 11.3 Å². The van der Waals surface area contributed by atoms with Crippen molar-refractivity contribution in [2.45, 2.75) is 13.5 Å². The Labute approximate surface area is 173 Å². The Morgan fingerprint density at radius 1 is 1.13 bits per heavy atom. The van der Waals surface area contributed by atoms with Crippen LogP contribution in [-0.2, 0) is 6.54 Å². The second-order valence-corrected chi connectivity index (χ2v) is 6.72. The molecule has 1 aliphatic heterocycles. The second kappa shape index (κ2) is 8.39. The van der Waals surface area contributed by atoms with E-state index in [2.05, 4.69) is 30.5 Å². The highest BCUT2D eigenvalue weighted by Gasteiger charge is 2.25. The van der Waals surface area contributed by atoms with Crippen LogP contribution in [0.25, 0.3) is 11.2 Å². The monoisotopic (exact) mass is 412 g/mol. The molecular weight excluding hydrogens is 388 g/mol. The first-order chi connectivity index (χ1) is 14.7. The number of methoxy groups -OCH3 is 2. The molecule has 2 amide bonds. The molecule has 3 heterocycles. The molecule has 11 nitrogen and oxygen atoms in total. The summed E-state index contributed by atoms with van der Waals surface area (Å²) in [6, 6.07) is 5.18. The number of hydrogen-bond acceptors (Lipinski definition) is 8. The van der Waals surface area contributed by atoms with E-state index in [1.165, 1.54) is 6.33 Å². The SMILES string of the molecule is CCn1nnc2c(N3CCN(C(=O)Nc4cccc(OC)c4OC)CC3)ncnc21. The summed E-state index contributed by atoms with van der Waals surface area (Å²) in [6.45, 7) is 5.04. The van der Waals surface area contributed by atoms with Gasteiger partial charge in [-0.2, -0.15) is 0 Å². The smallest absolute Gasteiger partial charge is 0.322 e. The quantitative estimate of drug-likeness (QED) is 0.673. The number of nitrogens with one attached hydrogen (secondary N) is 1. The van der Waals surface area contributed by atoms with Crippen molar-refractivity contribution < 1.29 is 14.3 Å². The molecule has 1 aliphatic rings. The second-order valence-electron chi connectivity index (χ2n) is 6.72. The third kappa shape index (κ3) is 3.53. The predicted octanol–water partition coefficient (Wildman–Crippen LogP) is 1.61. The van der Waals surface area contributed by atoms with Crippen LogP contribution in [0.1, 0.15) is 6.92 Å². The van der Waals surface area contributed by atoms with E-state index in [9.17, 15) is 4.79 Å². The minimum absolute atomic E-state index is 0.189. The maximum Gasteiger partial charge on any atom is 0.322 e. The van der Waals surface area contributed by atoms with Crippen molar-refractivity contribution in [1.82, 2.24) is 29.9 Å². The van der Waals surface area contributed by atoms with Gasteiger partial charge in [0, 0.05) is 32.7 Å². The minimum Gasteiger partial charge on any atom is -0.493 e. The molecule has 0 saturated carbocycles. The van der Waals surface area contributed by atoms with Gasteiger partial charge < -0.3 is 24.6 Å². The van der Waals surface area contributed by atoms with Crippen LogP contribution >= 0.6 is 0 Å². The third-order valence-corrected chi connectivity index (χ3v) is 5.09. The molecule has 0 unspecified atom stereocenters. The summed E-state index contributed by atoms with van der Waals surface area (Å²) in [4.78, 5) is 25.3. The Balaban J connectivity index is 1.44. The molecule has 4 rings (SSSR count). The number of benzene rings is 1. The van der Waals surface area contributed by atoms with Crippen molar-refractivity contribution in [3.63, 3.8) is 0 Å². The number of carbonyl (C=O) groups is 1. The molecule has 0 radical (unpaired) electrons. The van der Waals surface area contributed by atoms with Gasteiger partial charge in [-0.25, -0.2) is 19.4 Å². The highest BCUT2D eigenvalue weighted by Crippen LogP contribution is 2.34. The number of aryl methyl sites for hydroxylation is 1. The molecule has 0 bridgehead atoms. The van der Waals surface area contributed by atoms with E-state index in [1.54, 1.807) is 42.0 Å². The summed E-state index contributed by atoms with van der Waals surface area (Å²) in [5.74, 6) is 1.80. The number of anilines is 2. The van der Waals surface area contributed by atoms with Gasteiger partial charge >= 0.3 is 6.03 Å². The summed E-state index contributed by atoms with van der Waals surface area (Å²) in [7, 11) is 3.11. The van der Waals surface area contributed by atoms with Gasteiger partial charge in [0.05, 0.1) is 19.9 Å². The fourth-order valence-electron chi connectivity index (χ4n) is 3.53. The number of hydrogen-bond donors (Lipinski definition) is 1. The summed E-state index contributed by atoms with van der Waals surface area (Å²) in [6.07, 6.45) is 1.53. The molecule has 0 aliphatic carbocycles. The van der Waals surface area contributed by atoms with E-state index < -0.39 is 0 Å². The normalized spacial score (nSPS) is 14.1. The molecule has 3 aromatic rings. The topological polar surface area (TPSA) is 111 Å². The molecular formula is C19H24N8O3. The highest BCUT2D eigenvalue weighted by atomic mass is 16.5. The van der Waals surface area contributed by atoms with Gasteiger partial charge in [0.15, 0.2) is 28.5 Å². The maximum absolute atomic E-state index is 12.8. The molecule has 30 heavy (non-hydrogen) atoms. The Morgan fingerprint density at radius 3 is 2.63 bits per heavy atom. The summed E-state index contributed by atoms with van der Waals surface area (Å²) in [5, 5.41) is 11.3. The van der Waals surface area contributed by atoms with Gasteiger partial charge in [-0.05, 0) is 19.1 Å². The summed E-state index contributed by atoms with van der Waals surface area (Å²) in [5.41, 5.74) is 1.96. The van der Waals surface area contributed by atoms with Gasteiger partial charge in [0.25, 0.3) is 0 Å². The van der Waals surface area contributed by atoms with Crippen LogP contribution in [0.15, 0.2) is 24.5 Å². The first-order valence-electron chi connectivity index (χ1n) is 9.72. The Kier molecular flexibility index (Phi) is 5.50. The van der Waals surface area contributed by atoms with Crippen LogP contribution in [-0.4, -0.2) is 76.3 Å². The van der Waals surface area contributed by atoms with Crippen molar-refractivity contribution in [3.05, 3.63) is 24.5 Å². The lowest BCUT2D eigenvalue weighted by atomic mass is 10.2. The van der Waals surface area contributed by atoms with E-state index >= 15 is 0 Å². The van der Waals surface area contributed by atoms with E-state index in [-0.39, 0.29) is 6.03 Å². The number of carbonyl (C=O) groups excluding carboxylic acids is 1. The average molecular weight is 412 g/mol. The van der Waals surface area contributed by atoms with Crippen molar-refractivity contribution in [3.8, 4) is 11.5 Å². The zero-order chi connectivity index (χ0) is 21.1. The van der Waals surface area contributed by atoms with Crippen LogP contribution in [0.3, 0.4) is 0 Å². The molecule has 1 aromatic carbocycles. The van der Waals surface area contributed by atoms with Crippen molar-refractivity contribution in [2.75, 3.05) is 50.6 Å². The van der Waals surface area contributed by atoms with Crippen LogP contribution in [0.2, 0.25) is 0 Å². The van der Waals surface area contributed by atoms with Gasteiger partial charge in [0.2, 0.25) is 0 Å². The van der Waals surface area contributed by atoms with Gasteiger partial charge in [-0.15, -0.1) is 5.10 Å². The molecule has 11 heteroatoms. The molecule has 1 saturated heterocycles. The predicted molar refractivity (Wildman–Crippen MR) is 111 cm³/mol. The highest BCUT2D eigenvalue weighted by molar-refractivity contribution is 5.92. The fourth-order valence-corrected chi connectivity index (χ4v) is 3.53. The lowest BCUT2D eigenvalue weighted by Crippen LogP contribution is -2.50. The number of ether oxygens (including phenoxy) is 2. The summed E-state index contributed by atoms with van der Waals surface area (Å²) < 4.78 is 12.4. The number of urea groups is 1. The van der Waals surface area contributed by atoms with E-state index in [0.717, 1.165) is 5.82 Å². The largest absolute Gasteiger partial charge is 0.493 e. The molecule has 1 fully saturated rings. The van der Waals surface area contributed by atoms with Crippen LogP contribution < -0.4 is 19.7 Å². The maximum atomic E-state index is 12.8. The number of piperazine rings is 1. The number of para-hydroxylation sites is 1. The van der Waals surface area contributed by atoms with E-state index in [4.69, 9.17) is 9.47 Å². The van der Waals surface area contributed by atoms with Crippen molar-refractivity contribution in [2.24, 2.45) is 0 Å². The standard InChI is InChI=1S/C19H24N8O3/c1-4-27-18-15(23-24-27)17(20-12-21-18)25-8-10-26(11-9-25)19(28)22-13-6-5-7-14(29-2)16(13)30-3/h5-7,12H,4,8-11H2,1-3H3,(H,22,28). The zero-order valence-electron chi connectivity index (χ0n) is 17.2. The molecule has 2 aromatic heterocycles. The van der Waals surface area contributed by atoms with E-state index in [0.29, 0.717) is 61.1 Å². The van der Waals surface area contributed by atoms with E-state index in [1.807, 2.05) is 6.92 Å². The van der Waals surface area contributed by atoms with Gasteiger partial charge in [0.1, 0.15) is 6.33 Å². The Bertz CT molecular complexity index is 1050. The lowest BCUT2D eigenvalue weighted by molar-refractivity contribution is 0.208. The van der Waals surface area contributed by atoms with Crippen LogP contribution in [0.4, 0.5) is 16.3 Å². The Morgan fingerprint density at radius 2 is 1.93 bits per heavy atom. The van der Waals surface area contributed by atoms with Crippen LogP contribution in [0, 0.1) is 0 Å². The number of fused-ring (bicyclic) bond motifs is 1. The third-order valence-electron chi connectivity index (χ3n) is 5.09. The van der Waals surface area contributed by atoms with Crippen molar-refractivity contribution in [1.29, 1.82) is 0 Å². The molecule has 1 N–H and O–H groups in total. The van der Waals surface area contributed by atoms with Gasteiger partial charge in [-0.3, -0.25) is 0 Å². The minimum atomic E-state index is -0.189. The first-order valence-corrected chi connectivity index (χ1v) is 9.72. The number of nitrogens with zero attached hydrogens (tertiary/aromatic N) is 7. The number of amides is 2. The average Bonchev–Trinajstić information content (AvgIpc) is 3.22. The Hall–Kier alpha value is -3.63. The van der Waals surface area contributed by atoms with Crippen molar-refractivity contribution >= 4 is 28.7 Å². The fraction of sp³-hybridized carbons (Fsp3) is 0.421. The molecule has 0 atom stereocenters. The molecule has 158 valence electrons. The lowest BCUT2D eigenvalue weighted by Gasteiger charge is -2.35. The summed E-state index contributed by atoms with van der Waals surface area (Å²) >= 11 is 0. The number of aromatic nitrogens is 5. The number of rotatable bonds is 5.